The third-order valence-corrected chi connectivity index (χ3v) is 3.73. The Morgan fingerprint density at radius 2 is 2.00 bits per heavy atom. The molecule has 4 N–H and O–H groups in total. The molecule has 1 unspecified atom stereocenters. The zero-order valence-corrected chi connectivity index (χ0v) is 14.2. The number of imidazole rings is 1. The molecule has 0 aliphatic heterocycles. The number of alkyl halides is 3. The summed E-state index contributed by atoms with van der Waals surface area (Å²) in [4.78, 5) is 38.9. The minimum atomic E-state index is -4.63. The monoisotopic (exact) mass is 386 g/mol. The van der Waals surface area contributed by atoms with Gasteiger partial charge in [0.05, 0.1) is 17.7 Å². The number of aryl methyl sites for hydroxylation is 1. The van der Waals surface area contributed by atoms with Crippen LogP contribution in [0.1, 0.15) is 41.5 Å². The van der Waals surface area contributed by atoms with Gasteiger partial charge < -0.3 is 16.2 Å². The maximum Gasteiger partial charge on any atom is 0.417 e. The molecule has 0 bridgehead atoms. The van der Waals surface area contributed by atoms with Crippen molar-refractivity contribution in [2.75, 3.05) is 0 Å². The number of halogens is 3. The molecule has 2 aromatic rings. The summed E-state index contributed by atoms with van der Waals surface area (Å²) >= 11 is 0. The predicted octanol–water partition coefficient (Wildman–Crippen LogP) is 1.36. The maximum absolute atomic E-state index is 13.0. The fourth-order valence-electron chi connectivity index (χ4n) is 2.54. The number of carbonyl (C=O) groups is 3. The van der Waals surface area contributed by atoms with Gasteiger partial charge in [0, 0.05) is 6.20 Å². The lowest BCUT2D eigenvalue weighted by Crippen LogP contribution is -2.43. The number of primary amides is 1. The Bertz CT molecular complexity index is 892. The number of carboxylic acids is 1. The molecular weight excluding hydrogens is 369 g/mol. The average Bonchev–Trinajstić information content (AvgIpc) is 2.90. The van der Waals surface area contributed by atoms with Gasteiger partial charge in [-0.25, -0.2) is 9.78 Å². The molecule has 2 heterocycles. The Hall–Kier alpha value is -3.11. The summed E-state index contributed by atoms with van der Waals surface area (Å²) in [7, 11) is 0. The molecule has 0 fully saturated rings. The van der Waals surface area contributed by atoms with Gasteiger partial charge in [-0.1, -0.05) is 13.3 Å². The van der Waals surface area contributed by atoms with E-state index in [1.807, 2.05) is 0 Å². The van der Waals surface area contributed by atoms with Crippen molar-refractivity contribution in [2.45, 2.75) is 38.4 Å². The Labute approximate surface area is 151 Å². The Morgan fingerprint density at radius 1 is 1.33 bits per heavy atom. The zero-order chi connectivity index (χ0) is 20.4. The van der Waals surface area contributed by atoms with Crippen LogP contribution >= 0.6 is 0 Å². The van der Waals surface area contributed by atoms with E-state index < -0.39 is 42.0 Å². The number of hydrogen-bond donors (Lipinski definition) is 3. The van der Waals surface area contributed by atoms with E-state index in [0.717, 1.165) is 22.7 Å². The van der Waals surface area contributed by atoms with Crippen LogP contribution in [0.2, 0.25) is 0 Å². The molecule has 2 rings (SSSR count). The summed E-state index contributed by atoms with van der Waals surface area (Å²) in [5.74, 6) is -3.41. The average molecular weight is 386 g/mol. The van der Waals surface area contributed by atoms with E-state index in [4.69, 9.17) is 10.8 Å². The van der Waals surface area contributed by atoms with Crippen LogP contribution in [0.25, 0.3) is 5.65 Å². The van der Waals surface area contributed by atoms with Crippen LogP contribution in [0, 0.1) is 0 Å². The minimum Gasteiger partial charge on any atom is -0.480 e. The number of carbonyl (C=O) groups excluding carboxylic acids is 2. The van der Waals surface area contributed by atoms with Crippen molar-refractivity contribution in [3.63, 3.8) is 0 Å². The summed E-state index contributed by atoms with van der Waals surface area (Å²) in [5.41, 5.74) is 4.09. The van der Waals surface area contributed by atoms with Crippen molar-refractivity contribution in [1.29, 1.82) is 0 Å². The summed E-state index contributed by atoms with van der Waals surface area (Å²) in [5, 5.41) is 11.2. The third-order valence-electron chi connectivity index (χ3n) is 3.73. The number of nitrogens with zero attached hydrogens (tertiary/aromatic N) is 2. The third kappa shape index (κ3) is 4.54. The quantitative estimate of drug-likeness (QED) is 0.662. The molecule has 2 aromatic heterocycles. The van der Waals surface area contributed by atoms with Crippen molar-refractivity contribution in [2.24, 2.45) is 5.73 Å². The number of rotatable bonds is 7. The largest absolute Gasteiger partial charge is 0.480 e. The number of aromatic nitrogens is 2. The number of hydrogen-bond acceptors (Lipinski definition) is 4. The first kappa shape index (κ1) is 20.2. The Morgan fingerprint density at radius 3 is 2.52 bits per heavy atom. The zero-order valence-electron chi connectivity index (χ0n) is 14.2. The van der Waals surface area contributed by atoms with Gasteiger partial charge in [0.25, 0.3) is 5.91 Å². The summed E-state index contributed by atoms with van der Waals surface area (Å²) < 4.78 is 40.0. The SMILES string of the molecule is CCCc1nc2ccc(C(F)(F)F)cn2c1C(=O)NC(CC(N)=O)C(=O)O. The molecule has 8 nitrogen and oxygen atoms in total. The smallest absolute Gasteiger partial charge is 0.417 e. The molecule has 0 aromatic carbocycles. The molecule has 0 radical (unpaired) electrons. The topological polar surface area (TPSA) is 127 Å². The highest BCUT2D eigenvalue weighted by atomic mass is 19.4. The lowest BCUT2D eigenvalue weighted by atomic mass is 10.1. The molecule has 11 heteroatoms. The summed E-state index contributed by atoms with van der Waals surface area (Å²) in [6.07, 6.45) is -3.72. The highest BCUT2D eigenvalue weighted by Crippen LogP contribution is 2.30. The van der Waals surface area contributed by atoms with E-state index in [9.17, 15) is 27.6 Å². The molecule has 1 atom stereocenters. The second-order valence-electron chi connectivity index (χ2n) is 5.84. The fraction of sp³-hybridized carbons (Fsp3) is 0.375. The predicted molar refractivity (Wildman–Crippen MR) is 86.9 cm³/mol. The normalized spacial score (nSPS) is 12.7. The van der Waals surface area contributed by atoms with Gasteiger partial charge >= 0.3 is 12.1 Å². The van der Waals surface area contributed by atoms with Crippen LogP contribution in [-0.2, 0) is 22.2 Å². The molecule has 0 saturated carbocycles. The van der Waals surface area contributed by atoms with Gasteiger partial charge in [-0.3, -0.25) is 14.0 Å². The first-order valence-electron chi connectivity index (χ1n) is 7.94. The highest BCUT2D eigenvalue weighted by Gasteiger charge is 2.32. The van der Waals surface area contributed by atoms with Gasteiger partial charge in [-0.15, -0.1) is 0 Å². The number of nitrogens with two attached hydrogens (primary N) is 1. The van der Waals surface area contributed by atoms with Gasteiger partial charge in [-0.05, 0) is 18.6 Å². The molecule has 0 aliphatic carbocycles. The number of pyridine rings is 1. The molecule has 0 aliphatic rings. The van der Waals surface area contributed by atoms with Gasteiger partial charge in [0.2, 0.25) is 5.91 Å². The lowest BCUT2D eigenvalue weighted by molar-refractivity contribution is -0.141. The number of amides is 2. The van der Waals surface area contributed by atoms with E-state index >= 15 is 0 Å². The first-order chi connectivity index (χ1) is 12.5. The minimum absolute atomic E-state index is 0.110. The molecule has 0 saturated heterocycles. The number of fused-ring (bicyclic) bond motifs is 1. The first-order valence-corrected chi connectivity index (χ1v) is 7.94. The van der Waals surface area contributed by atoms with Crippen molar-refractivity contribution < 1.29 is 32.7 Å². The molecule has 27 heavy (non-hydrogen) atoms. The van der Waals surface area contributed by atoms with Crippen LogP contribution in [0.4, 0.5) is 13.2 Å². The van der Waals surface area contributed by atoms with Crippen molar-refractivity contribution in [1.82, 2.24) is 14.7 Å². The summed E-state index contributed by atoms with van der Waals surface area (Å²) in [6, 6.07) is 0.352. The number of nitrogens with one attached hydrogen (secondary N) is 1. The summed E-state index contributed by atoms with van der Waals surface area (Å²) in [6.45, 7) is 1.79. The number of aliphatic carboxylic acids is 1. The second-order valence-corrected chi connectivity index (χ2v) is 5.84. The maximum atomic E-state index is 13.0. The molecular formula is C16H17F3N4O4. The van der Waals surface area contributed by atoms with Crippen LogP contribution < -0.4 is 11.1 Å². The van der Waals surface area contributed by atoms with Crippen LogP contribution in [0.5, 0.6) is 0 Å². The second kappa shape index (κ2) is 7.64. The van der Waals surface area contributed by atoms with Gasteiger partial charge in [0.15, 0.2) is 0 Å². The van der Waals surface area contributed by atoms with Crippen LogP contribution in [-0.4, -0.2) is 38.3 Å². The van der Waals surface area contributed by atoms with E-state index in [2.05, 4.69) is 10.3 Å². The standard InChI is InChI=1S/C16H17F3N4O4/c1-2-3-9-13(14(25)22-10(15(26)27)6-11(20)24)23-7-8(16(17,18)19)4-5-12(23)21-9/h4-5,7,10H,2-3,6H2,1H3,(H2,20,24)(H,22,25)(H,26,27). The molecule has 2 amide bonds. The Kier molecular flexibility index (Phi) is 5.72. The molecule has 146 valence electrons. The van der Waals surface area contributed by atoms with Crippen LogP contribution in [0.3, 0.4) is 0 Å². The van der Waals surface area contributed by atoms with E-state index in [-0.39, 0.29) is 17.0 Å². The lowest BCUT2D eigenvalue weighted by Gasteiger charge is -2.14. The van der Waals surface area contributed by atoms with Gasteiger partial charge in [-0.2, -0.15) is 13.2 Å². The van der Waals surface area contributed by atoms with Crippen LogP contribution in [0.15, 0.2) is 18.3 Å². The highest BCUT2D eigenvalue weighted by molar-refractivity contribution is 5.98. The number of carboxylic acid groups (broad SMARTS) is 1. The molecule has 0 spiro atoms. The van der Waals surface area contributed by atoms with Gasteiger partial charge in [0.1, 0.15) is 17.4 Å². The van der Waals surface area contributed by atoms with Crippen molar-refractivity contribution in [3.05, 3.63) is 35.3 Å². The van der Waals surface area contributed by atoms with Crippen molar-refractivity contribution in [3.8, 4) is 0 Å². The van der Waals surface area contributed by atoms with E-state index in [0.29, 0.717) is 12.8 Å². The van der Waals surface area contributed by atoms with E-state index in [1.165, 1.54) is 0 Å². The Balaban J connectivity index is 2.52. The van der Waals surface area contributed by atoms with Crippen molar-refractivity contribution >= 4 is 23.4 Å². The van der Waals surface area contributed by atoms with E-state index in [1.54, 1.807) is 6.92 Å². The fourth-order valence-corrected chi connectivity index (χ4v) is 2.54.